The van der Waals surface area contributed by atoms with Crippen LogP contribution in [0.25, 0.3) is 0 Å². The van der Waals surface area contributed by atoms with Crippen molar-refractivity contribution in [1.82, 2.24) is 10.2 Å². The Morgan fingerprint density at radius 3 is 3.00 bits per heavy atom. The maximum absolute atomic E-state index is 6.01. The summed E-state index contributed by atoms with van der Waals surface area (Å²) in [6.45, 7) is 3.33. The molecular weight excluding hydrogens is 324 g/mol. The lowest BCUT2D eigenvalue weighted by Gasteiger charge is -2.36. The number of nitrogens with one attached hydrogen (secondary N) is 1. The van der Waals surface area contributed by atoms with E-state index in [1.54, 1.807) is 0 Å². The Morgan fingerprint density at radius 1 is 1.42 bits per heavy atom. The molecule has 1 aromatic carbocycles. The Balaban J connectivity index is 2.02. The normalized spacial score (nSPS) is 20.7. The van der Waals surface area contributed by atoms with Gasteiger partial charge in [0.1, 0.15) is 0 Å². The van der Waals surface area contributed by atoms with E-state index in [-0.39, 0.29) is 0 Å². The molecule has 1 atom stereocenters. The van der Waals surface area contributed by atoms with Crippen molar-refractivity contribution in [3.05, 3.63) is 33.3 Å². The molecule has 0 spiro atoms. The first-order chi connectivity index (χ1) is 9.20. The second-order valence-corrected chi connectivity index (χ2v) is 6.54. The lowest BCUT2D eigenvalue weighted by atomic mass is 9.98. The Hall–Kier alpha value is -0.0900. The zero-order valence-corrected chi connectivity index (χ0v) is 13.8. The molecule has 0 aromatic heterocycles. The molecule has 0 bridgehead atoms. The summed E-state index contributed by atoms with van der Waals surface area (Å²) in [5.74, 6) is 0. The minimum absolute atomic E-state index is 0.712. The summed E-state index contributed by atoms with van der Waals surface area (Å²) < 4.78 is 1.12. The van der Waals surface area contributed by atoms with Gasteiger partial charge in [-0.1, -0.05) is 40.0 Å². The maximum Gasteiger partial charge on any atom is 0.0417 e. The number of nitrogens with zero attached hydrogens (tertiary/aromatic N) is 1. The molecule has 1 heterocycles. The van der Waals surface area contributed by atoms with Crippen molar-refractivity contribution >= 4 is 27.5 Å². The number of halogens is 2. The topological polar surface area (TPSA) is 15.3 Å². The van der Waals surface area contributed by atoms with Crippen LogP contribution in [0.1, 0.15) is 31.2 Å². The van der Waals surface area contributed by atoms with Crippen LogP contribution in [0.5, 0.6) is 0 Å². The highest BCUT2D eigenvalue weighted by atomic mass is 79.9. The molecule has 0 amide bonds. The van der Waals surface area contributed by atoms with Crippen LogP contribution in [0.2, 0.25) is 5.02 Å². The van der Waals surface area contributed by atoms with Crippen LogP contribution in [0.15, 0.2) is 22.7 Å². The van der Waals surface area contributed by atoms with E-state index in [4.69, 9.17) is 11.6 Å². The zero-order chi connectivity index (χ0) is 13.7. The van der Waals surface area contributed by atoms with E-state index in [0.29, 0.717) is 6.04 Å². The first-order valence-electron chi connectivity index (χ1n) is 7.03. The number of rotatable bonds is 5. The molecule has 0 radical (unpaired) electrons. The van der Waals surface area contributed by atoms with Crippen molar-refractivity contribution in [3.63, 3.8) is 0 Å². The van der Waals surface area contributed by atoms with Crippen LogP contribution in [-0.2, 0) is 6.54 Å². The summed E-state index contributed by atoms with van der Waals surface area (Å²) in [6.07, 6.45) is 5.25. The maximum atomic E-state index is 6.01. The molecule has 2 nitrogen and oxygen atoms in total. The third-order valence-corrected chi connectivity index (χ3v) is 4.84. The molecule has 1 unspecified atom stereocenters. The van der Waals surface area contributed by atoms with Crippen LogP contribution in [-0.4, -0.2) is 31.1 Å². The predicted octanol–water partition coefficient (Wildman–Crippen LogP) is 4.07. The molecule has 1 fully saturated rings. The number of likely N-dealkylation sites (tertiary alicyclic amines) is 1. The summed E-state index contributed by atoms with van der Waals surface area (Å²) in [4.78, 5) is 2.62. The molecule has 1 aromatic rings. The van der Waals surface area contributed by atoms with Crippen LogP contribution >= 0.6 is 27.5 Å². The molecular formula is C15H22BrClN2. The van der Waals surface area contributed by atoms with E-state index in [2.05, 4.69) is 32.2 Å². The summed E-state index contributed by atoms with van der Waals surface area (Å²) in [7, 11) is 2.03. The van der Waals surface area contributed by atoms with Crippen LogP contribution in [0.4, 0.5) is 0 Å². The molecule has 1 N–H and O–H groups in total. The van der Waals surface area contributed by atoms with Crippen molar-refractivity contribution < 1.29 is 0 Å². The van der Waals surface area contributed by atoms with Gasteiger partial charge >= 0.3 is 0 Å². The molecule has 106 valence electrons. The van der Waals surface area contributed by atoms with Gasteiger partial charge in [0.25, 0.3) is 0 Å². The summed E-state index contributed by atoms with van der Waals surface area (Å²) in [5, 5.41) is 4.06. The molecule has 0 saturated carbocycles. The van der Waals surface area contributed by atoms with Crippen LogP contribution in [0.3, 0.4) is 0 Å². The third-order valence-electron chi connectivity index (χ3n) is 3.87. The van der Waals surface area contributed by atoms with Crippen LogP contribution in [0, 0.1) is 0 Å². The minimum atomic E-state index is 0.712. The summed E-state index contributed by atoms with van der Waals surface area (Å²) in [6, 6.07) is 6.82. The Labute approximate surface area is 129 Å². The zero-order valence-electron chi connectivity index (χ0n) is 11.5. The lowest BCUT2D eigenvalue weighted by molar-refractivity contribution is 0.132. The summed E-state index contributed by atoms with van der Waals surface area (Å²) in [5.41, 5.74) is 1.33. The van der Waals surface area contributed by atoms with E-state index in [9.17, 15) is 0 Å². The van der Waals surface area contributed by atoms with Gasteiger partial charge in [0.2, 0.25) is 0 Å². The van der Waals surface area contributed by atoms with Gasteiger partial charge in [0.15, 0.2) is 0 Å². The number of hydrogen-bond donors (Lipinski definition) is 1. The summed E-state index contributed by atoms with van der Waals surface area (Å²) >= 11 is 9.63. The second-order valence-electron chi connectivity index (χ2n) is 5.25. The molecule has 1 saturated heterocycles. The van der Waals surface area contributed by atoms with Gasteiger partial charge in [-0.25, -0.2) is 0 Å². The molecule has 0 aliphatic carbocycles. The smallest absolute Gasteiger partial charge is 0.0417 e. The van der Waals surface area contributed by atoms with E-state index in [1.807, 2.05) is 19.2 Å². The molecule has 4 heteroatoms. The number of piperidine rings is 1. The van der Waals surface area contributed by atoms with E-state index < -0.39 is 0 Å². The molecule has 2 rings (SSSR count). The SMILES string of the molecule is CNCCC1CCCCN1Cc1ccc(Cl)cc1Br. The van der Waals surface area contributed by atoms with Gasteiger partial charge in [0.05, 0.1) is 0 Å². The largest absolute Gasteiger partial charge is 0.320 e. The third kappa shape index (κ3) is 4.45. The molecule has 1 aliphatic heterocycles. The fraction of sp³-hybridized carbons (Fsp3) is 0.600. The quantitative estimate of drug-likeness (QED) is 0.865. The van der Waals surface area contributed by atoms with Crippen molar-refractivity contribution in [2.75, 3.05) is 20.1 Å². The van der Waals surface area contributed by atoms with Crippen molar-refractivity contribution in [1.29, 1.82) is 0 Å². The van der Waals surface area contributed by atoms with Gasteiger partial charge < -0.3 is 5.32 Å². The average molecular weight is 346 g/mol. The number of benzene rings is 1. The van der Waals surface area contributed by atoms with Gasteiger partial charge in [-0.3, -0.25) is 4.90 Å². The first kappa shape index (κ1) is 15.3. The molecule has 1 aliphatic rings. The standard InChI is InChI=1S/C15H22BrClN2/c1-18-8-7-14-4-2-3-9-19(14)11-12-5-6-13(17)10-15(12)16/h5-6,10,14,18H,2-4,7-9,11H2,1H3. The Morgan fingerprint density at radius 2 is 2.26 bits per heavy atom. The number of hydrogen-bond acceptors (Lipinski definition) is 2. The van der Waals surface area contributed by atoms with E-state index in [1.165, 1.54) is 37.8 Å². The lowest BCUT2D eigenvalue weighted by Crippen LogP contribution is -2.40. The van der Waals surface area contributed by atoms with Gasteiger partial charge in [0, 0.05) is 22.1 Å². The minimum Gasteiger partial charge on any atom is -0.320 e. The van der Waals surface area contributed by atoms with E-state index >= 15 is 0 Å². The fourth-order valence-corrected chi connectivity index (χ4v) is 3.58. The van der Waals surface area contributed by atoms with Gasteiger partial charge in [-0.05, 0) is 57.1 Å². The first-order valence-corrected chi connectivity index (χ1v) is 8.20. The highest BCUT2D eigenvalue weighted by Gasteiger charge is 2.22. The Kier molecular flexibility index (Phi) is 6.14. The fourth-order valence-electron chi connectivity index (χ4n) is 2.77. The van der Waals surface area contributed by atoms with E-state index in [0.717, 1.165) is 22.6 Å². The monoisotopic (exact) mass is 344 g/mol. The second kappa shape index (κ2) is 7.63. The predicted molar refractivity (Wildman–Crippen MR) is 85.7 cm³/mol. The van der Waals surface area contributed by atoms with Crippen molar-refractivity contribution in [2.45, 2.75) is 38.3 Å². The Bertz CT molecular complexity index is 411. The van der Waals surface area contributed by atoms with Crippen molar-refractivity contribution in [3.8, 4) is 0 Å². The van der Waals surface area contributed by atoms with Gasteiger partial charge in [-0.15, -0.1) is 0 Å². The van der Waals surface area contributed by atoms with Crippen LogP contribution < -0.4 is 5.32 Å². The molecule has 19 heavy (non-hydrogen) atoms. The highest BCUT2D eigenvalue weighted by molar-refractivity contribution is 9.10. The average Bonchev–Trinajstić information content (AvgIpc) is 2.41. The van der Waals surface area contributed by atoms with Gasteiger partial charge in [-0.2, -0.15) is 0 Å². The van der Waals surface area contributed by atoms with Crippen molar-refractivity contribution in [2.24, 2.45) is 0 Å². The highest BCUT2D eigenvalue weighted by Crippen LogP contribution is 2.26.